The van der Waals surface area contributed by atoms with Gasteiger partial charge in [-0.05, 0) is 80.1 Å². The molecule has 2 rings (SSSR count). The summed E-state index contributed by atoms with van der Waals surface area (Å²) < 4.78 is 11.1. The van der Waals surface area contributed by atoms with E-state index in [1.165, 1.54) is 0 Å². The molecule has 5 heteroatoms. The first-order valence-electron chi connectivity index (χ1n) is 10.8. The van der Waals surface area contributed by atoms with Crippen molar-refractivity contribution in [2.75, 3.05) is 0 Å². The average molecular weight is 395 g/mol. The van der Waals surface area contributed by atoms with Crippen LogP contribution in [-0.2, 0) is 23.9 Å². The fraction of sp³-hybridized carbons (Fsp3) is 0.870. The van der Waals surface area contributed by atoms with E-state index in [2.05, 4.69) is 0 Å². The van der Waals surface area contributed by atoms with E-state index in [0.29, 0.717) is 12.8 Å². The van der Waals surface area contributed by atoms with Crippen molar-refractivity contribution in [2.24, 2.45) is 23.7 Å². The van der Waals surface area contributed by atoms with Gasteiger partial charge in [-0.1, -0.05) is 12.8 Å². The van der Waals surface area contributed by atoms with Crippen LogP contribution in [0.5, 0.6) is 0 Å². The number of ketones is 1. The summed E-state index contributed by atoms with van der Waals surface area (Å²) in [5.74, 6) is -0.677. The third kappa shape index (κ3) is 6.89. The topological polar surface area (TPSA) is 69.7 Å². The smallest absolute Gasteiger partial charge is 0.309 e. The van der Waals surface area contributed by atoms with Crippen molar-refractivity contribution in [1.82, 2.24) is 0 Å². The van der Waals surface area contributed by atoms with Crippen LogP contribution in [-0.4, -0.2) is 28.9 Å². The lowest BCUT2D eigenvalue weighted by Gasteiger charge is -2.34. The van der Waals surface area contributed by atoms with Crippen LogP contribution in [0.3, 0.4) is 0 Å². The molecule has 160 valence electrons. The molecule has 0 heterocycles. The predicted octanol–water partition coefficient (Wildman–Crippen LogP) is 4.85. The molecule has 4 atom stereocenters. The summed E-state index contributed by atoms with van der Waals surface area (Å²) in [6.45, 7) is 11.2. The van der Waals surface area contributed by atoms with Crippen LogP contribution in [0.15, 0.2) is 0 Å². The SMILES string of the molecule is CC(C)(C)OC(=O)C1CCCC(C(=O)C2CCCC(C(=O)OC(C)(C)C)C2)C1. The maximum atomic E-state index is 13.2. The third-order valence-corrected chi connectivity index (χ3v) is 5.63. The Labute approximate surface area is 169 Å². The number of esters is 2. The van der Waals surface area contributed by atoms with E-state index in [0.717, 1.165) is 38.5 Å². The predicted molar refractivity (Wildman–Crippen MR) is 108 cm³/mol. The normalized spacial score (nSPS) is 29.1. The Balaban J connectivity index is 1.95. The lowest BCUT2D eigenvalue weighted by molar-refractivity contribution is -0.162. The van der Waals surface area contributed by atoms with Crippen molar-refractivity contribution >= 4 is 17.7 Å². The molecule has 0 aromatic carbocycles. The molecule has 2 fully saturated rings. The number of hydrogen-bond donors (Lipinski definition) is 0. The second-order valence-corrected chi connectivity index (χ2v) is 10.6. The largest absolute Gasteiger partial charge is 0.460 e. The van der Waals surface area contributed by atoms with Crippen LogP contribution in [0.4, 0.5) is 0 Å². The zero-order valence-corrected chi connectivity index (χ0v) is 18.5. The molecule has 0 N–H and O–H groups in total. The van der Waals surface area contributed by atoms with Crippen LogP contribution in [0.2, 0.25) is 0 Å². The first kappa shape index (κ1) is 22.9. The molecule has 0 amide bonds. The number of hydrogen-bond acceptors (Lipinski definition) is 5. The van der Waals surface area contributed by atoms with E-state index in [1.807, 2.05) is 41.5 Å². The minimum absolute atomic E-state index is 0.0892. The second kappa shape index (κ2) is 8.96. The maximum absolute atomic E-state index is 13.2. The van der Waals surface area contributed by atoms with Crippen molar-refractivity contribution in [3.8, 4) is 0 Å². The first-order valence-corrected chi connectivity index (χ1v) is 10.8. The Hall–Kier alpha value is -1.39. The molecule has 4 unspecified atom stereocenters. The second-order valence-electron chi connectivity index (χ2n) is 10.6. The minimum Gasteiger partial charge on any atom is -0.460 e. The summed E-state index contributed by atoms with van der Waals surface area (Å²) in [6, 6.07) is 0. The van der Waals surface area contributed by atoms with Gasteiger partial charge in [0.1, 0.15) is 17.0 Å². The fourth-order valence-corrected chi connectivity index (χ4v) is 4.43. The lowest BCUT2D eigenvalue weighted by Crippen LogP contribution is -2.37. The van der Waals surface area contributed by atoms with Gasteiger partial charge in [-0.15, -0.1) is 0 Å². The minimum atomic E-state index is -0.502. The number of ether oxygens (including phenoxy) is 2. The third-order valence-electron chi connectivity index (χ3n) is 5.63. The molecular weight excluding hydrogens is 356 g/mol. The summed E-state index contributed by atoms with van der Waals surface area (Å²) in [6.07, 6.45) is 6.19. The van der Waals surface area contributed by atoms with Crippen LogP contribution >= 0.6 is 0 Å². The molecular formula is C23H38O5. The lowest BCUT2D eigenvalue weighted by atomic mass is 9.71. The summed E-state index contributed by atoms with van der Waals surface area (Å²) in [5.41, 5.74) is -1.00. The number of rotatable bonds is 4. The van der Waals surface area contributed by atoms with E-state index >= 15 is 0 Å². The standard InChI is InChI=1S/C23H38O5/c1-22(2,3)27-20(25)17-11-7-9-15(13-17)19(24)16-10-8-12-18(14-16)21(26)28-23(4,5)6/h15-18H,7-14H2,1-6H3. The van der Waals surface area contributed by atoms with Gasteiger partial charge >= 0.3 is 11.9 Å². The maximum Gasteiger partial charge on any atom is 0.309 e. The van der Waals surface area contributed by atoms with Crippen LogP contribution < -0.4 is 0 Å². The van der Waals surface area contributed by atoms with Crippen molar-refractivity contribution in [2.45, 2.75) is 104 Å². The summed E-state index contributed by atoms with van der Waals surface area (Å²) in [4.78, 5) is 38.0. The molecule has 0 radical (unpaired) electrons. The van der Waals surface area contributed by atoms with Gasteiger partial charge in [0, 0.05) is 11.8 Å². The Morgan fingerprint density at radius 2 is 0.929 bits per heavy atom. The molecule has 0 aromatic heterocycles. The molecule has 2 saturated carbocycles. The van der Waals surface area contributed by atoms with E-state index in [1.54, 1.807) is 0 Å². The fourth-order valence-electron chi connectivity index (χ4n) is 4.43. The molecule has 28 heavy (non-hydrogen) atoms. The van der Waals surface area contributed by atoms with Crippen LogP contribution in [0.25, 0.3) is 0 Å². The van der Waals surface area contributed by atoms with Crippen molar-refractivity contribution in [1.29, 1.82) is 0 Å². The van der Waals surface area contributed by atoms with Crippen LogP contribution in [0.1, 0.15) is 92.9 Å². The Kier molecular flexibility index (Phi) is 7.33. The molecule has 2 aliphatic carbocycles. The highest BCUT2D eigenvalue weighted by atomic mass is 16.6. The van der Waals surface area contributed by atoms with E-state index in [9.17, 15) is 14.4 Å². The highest BCUT2D eigenvalue weighted by Gasteiger charge is 2.39. The van der Waals surface area contributed by atoms with Gasteiger partial charge in [0.05, 0.1) is 11.8 Å². The van der Waals surface area contributed by atoms with Gasteiger partial charge in [-0.2, -0.15) is 0 Å². The zero-order valence-electron chi connectivity index (χ0n) is 18.5. The molecule has 0 aromatic rings. The van der Waals surface area contributed by atoms with Crippen molar-refractivity contribution in [3.05, 3.63) is 0 Å². The molecule has 5 nitrogen and oxygen atoms in total. The van der Waals surface area contributed by atoms with Crippen molar-refractivity contribution in [3.63, 3.8) is 0 Å². The molecule has 0 aliphatic heterocycles. The average Bonchev–Trinajstić information content (AvgIpc) is 2.58. The van der Waals surface area contributed by atoms with Gasteiger partial charge < -0.3 is 9.47 Å². The van der Waals surface area contributed by atoms with Gasteiger partial charge in [0.2, 0.25) is 0 Å². The van der Waals surface area contributed by atoms with E-state index in [-0.39, 0.29) is 41.4 Å². The summed E-state index contributed by atoms with van der Waals surface area (Å²) in [7, 11) is 0. The molecule has 0 spiro atoms. The summed E-state index contributed by atoms with van der Waals surface area (Å²) in [5, 5.41) is 0. The van der Waals surface area contributed by atoms with E-state index < -0.39 is 11.2 Å². The van der Waals surface area contributed by atoms with Gasteiger partial charge in [-0.3, -0.25) is 14.4 Å². The Bertz CT molecular complexity index is 531. The molecule has 0 saturated heterocycles. The van der Waals surface area contributed by atoms with Crippen molar-refractivity contribution < 1.29 is 23.9 Å². The molecule has 2 aliphatic rings. The monoisotopic (exact) mass is 394 g/mol. The van der Waals surface area contributed by atoms with Gasteiger partial charge in [-0.25, -0.2) is 0 Å². The Morgan fingerprint density at radius 1 is 0.607 bits per heavy atom. The quantitative estimate of drug-likeness (QED) is 0.637. The van der Waals surface area contributed by atoms with Gasteiger partial charge in [0.25, 0.3) is 0 Å². The summed E-state index contributed by atoms with van der Waals surface area (Å²) >= 11 is 0. The first-order chi connectivity index (χ1) is 12.9. The highest BCUT2D eigenvalue weighted by molar-refractivity contribution is 5.85. The van der Waals surface area contributed by atoms with Crippen LogP contribution in [0, 0.1) is 23.7 Å². The highest BCUT2D eigenvalue weighted by Crippen LogP contribution is 2.38. The number of carbonyl (C=O) groups is 3. The zero-order chi connectivity index (χ0) is 21.1. The molecule has 0 bridgehead atoms. The number of carbonyl (C=O) groups excluding carboxylic acids is 3. The Morgan fingerprint density at radius 3 is 1.25 bits per heavy atom. The number of Topliss-reactive ketones (excluding diaryl/α,β-unsaturated/α-hetero) is 1. The van der Waals surface area contributed by atoms with E-state index in [4.69, 9.17) is 9.47 Å². The van der Waals surface area contributed by atoms with Gasteiger partial charge in [0.15, 0.2) is 0 Å².